The molecule has 1 aromatic heterocycles. The van der Waals surface area contributed by atoms with Crippen molar-refractivity contribution in [3.05, 3.63) is 39.7 Å². The second-order valence-electron chi connectivity index (χ2n) is 5.19. The van der Waals surface area contributed by atoms with Gasteiger partial charge in [0.25, 0.3) is 11.6 Å². The Morgan fingerprint density at radius 3 is 2.67 bits per heavy atom. The number of nitro benzene ring substituents is 1. The van der Waals surface area contributed by atoms with Crippen LogP contribution in [-0.2, 0) is 5.54 Å². The Balaban J connectivity index is 0.00000161. The van der Waals surface area contributed by atoms with Crippen LogP contribution < -0.4 is 5.73 Å². The molecule has 0 unspecified atom stereocenters. The number of aromatic nitrogens is 2. The van der Waals surface area contributed by atoms with Crippen LogP contribution in [0.15, 0.2) is 22.7 Å². The lowest BCUT2D eigenvalue weighted by atomic mass is 9.77. The van der Waals surface area contributed by atoms with Crippen LogP contribution in [0.1, 0.15) is 30.7 Å². The van der Waals surface area contributed by atoms with Crippen molar-refractivity contribution in [2.75, 3.05) is 0 Å². The summed E-state index contributed by atoms with van der Waals surface area (Å²) in [4.78, 5) is 14.6. The molecule has 1 saturated carbocycles. The van der Waals surface area contributed by atoms with E-state index in [0.717, 1.165) is 19.3 Å². The molecule has 1 aliphatic carbocycles. The molecule has 112 valence electrons. The van der Waals surface area contributed by atoms with E-state index in [2.05, 4.69) is 10.1 Å². The van der Waals surface area contributed by atoms with Crippen LogP contribution in [0.2, 0.25) is 0 Å². The van der Waals surface area contributed by atoms with Crippen LogP contribution in [0.4, 0.5) is 5.69 Å². The first-order chi connectivity index (χ1) is 9.49. The fourth-order valence-electron chi connectivity index (χ4n) is 2.32. The van der Waals surface area contributed by atoms with E-state index >= 15 is 0 Å². The van der Waals surface area contributed by atoms with E-state index in [0.29, 0.717) is 22.8 Å². The topological polar surface area (TPSA) is 108 Å². The Morgan fingerprint density at radius 2 is 2.14 bits per heavy atom. The van der Waals surface area contributed by atoms with Crippen molar-refractivity contribution >= 4 is 18.1 Å². The third kappa shape index (κ3) is 2.62. The molecule has 1 aromatic carbocycles. The summed E-state index contributed by atoms with van der Waals surface area (Å²) in [5.74, 6) is 0.862. The van der Waals surface area contributed by atoms with Gasteiger partial charge in [-0.3, -0.25) is 10.1 Å². The molecule has 0 amide bonds. The van der Waals surface area contributed by atoms with Gasteiger partial charge in [0.1, 0.15) is 0 Å². The zero-order valence-corrected chi connectivity index (χ0v) is 12.2. The molecule has 1 heterocycles. The van der Waals surface area contributed by atoms with Crippen molar-refractivity contribution in [2.45, 2.75) is 31.7 Å². The average Bonchev–Trinajstić information content (AvgIpc) is 2.85. The third-order valence-corrected chi connectivity index (χ3v) is 3.77. The van der Waals surface area contributed by atoms with E-state index in [9.17, 15) is 10.1 Å². The maximum absolute atomic E-state index is 10.7. The van der Waals surface area contributed by atoms with Gasteiger partial charge in [-0.15, -0.1) is 12.4 Å². The highest BCUT2D eigenvalue weighted by atomic mass is 35.5. The first-order valence-electron chi connectivity index (χ1n) is 6.38. The number of nitro groups is 1. The summed E-state index contributed by atoms with van der Waals surface area (Å²) in [6.45, 7) is 1.77. The number of halogens is 1. The number of nitrogens with two attached hydrogens (primary N) is 1. The molecule has 2 aromatic rings. The van der Waals surface area contributed by atoms with Crippen molar-refractivity contribution in [3.8, 4) is 11.5 Å². The molecule has 0 aliphatic heterocycles. The molecule has 21 heavy (non-hydrogen) atoms. The van der Waals surface area contributed by atoms with Crippen molar-refractivity contribution < 1.29 is 9.45 Å². The zero-order chi connectivity index (χ0) is 14.3. The summed E-state index contributed by atoms with van der Waals surface area (Å²) in [6, 6.07) is 4.53. The second kappa shape index (κ2) is 5.42. The molecule has 0 saturated heterocycles. The predicted octanol–water partition coefficient (Wildman–Crippen LogP) is 2.71. The smallest absolute Gasteiger partial charge is 0.269 e. The van der Waals surface area contributed by atoms with E-state index in [1.807, 2.05) is 0 Å². The summed E-state index contributed by atoms with van der Waals surface area (Å²) in [5, 5.41) is 14.7. The number of hydrogen-bond donors (Lipinski definition) is 1. The van der Waals surface area contributed by atoms with Gasteiger partial charge < -0.3 is 10.3 Å². The lowest BCUT2D eigenvalue weighted by Crippen LogP contribution is -2.44. The largest absolute Gasteiger partial charge is 0.334 e. The molecule has 7 nitrogen and oxygen atoms in total. The molecule has 0 spiro atoms. The molecule has 0 radical (unpaired) electrons. The van der Waals surface area contributed by atoms with E-state index in [1.54, 1.807) is 13.0 Å². The summed E-state index contributed by atoms with van der Waals surface area (Å²) in [7, 11) is 0. The van der Waals surface area contributed by atoms with E-state index in [4.69, 9.17) is 10.3 Å². The van der Waals surface area contributed by atoms with Crippen LogP contribution in [-0.4, -0.2) is 15.1 Å². The highest BCUT2D eigenvalue weighted by molar-refractivity contribution is 5.85. The van der Waals surface area contributed by atoms with Crippen LogP contribution >= 0.6 is 12.4 Å². The summed E-state index contributed by atoms with van der Waals surface area (Å²) < 4.78 is 5.24. The van der Waals surface area contributed by atoms with Gasteiger partial charge in [0.15, 0.2) is 5.82 Å². The molecular formula is C13H15ClN4O3. The number of rotatable bonds is 3. The Hall–Kier alpha value is -1.99. The Morgan fingerprint density at radius 1 is 1.43 bits per heavy atom. The van der Waals surface area contributed by atoms with Gasteiger partial charge in [-0.05, 0) is 37.8 Å². The molecular weight excluding hydrogens is 296 g/mol. The number of hydrogen-bond acceptors (Lipinski definition) is 6. The van der Waals surface area contributed by atoms with Crippen LogP contribution in [0.3, 0.4) is 0 Å². The first-order valence-corrected chi connectivity index (χ1v) is 6.38. The number of aryl methyl sites for hydroxylation is 1. The summed E-state index contributed by atoms with van der Waals surface area (Å²) in [6.07, 6.45) is 2.77. The first kappa shape index (κ1) is 15.4. The van der Waals surface area contributed by atoms with Gasteiger partial charge in [0.05, 0.1) is 10.5 Å². The van der Waals surface area contributed by atoms with Gasteiger partial charge >= 0.3 is 0 Å². The molecule has 0 bridgehead atoms. The minimum atomic E-state index is -0.476. The SMILES string of the molecule is Cc1cc([N+](=O)[O-])ccc1-c1nc(C2(N)CCC2)no1.Cl. The Kier molecular flexibility index (Phi) is 3.97. The average molecular weight is 311 g/mol. The standard InChI is InChI=1S/C13H14N4O3.ClH/c1-8-7-9(17(18)19)3-4-10(8)11-15-12(16-20-11)13(14)5-2-6-13;/h3-4,7H,2,5-6,14H2,1H3;1H. The van der Waals surface area contributed by atoms with E-state index in [-0.39, 0.29) is 18.1 Å². The third-order valence-electron chi connectivity index (χ3n) is 3.77. The van der Waals surface area contributed by atoms with Crippen molar-refractivity contribution in [1.82, 2.24) is 10.1 Å². The number of benzene rings is 1. The van der Waals surface area contributed by atoms with Crippen molar-refractivity contribution in [3.63, 3.8) is 0 Å². The lowest BCUT2D eigenvalue weighted by molar-refractivity contribution is -0.384. The molecule has 2 N–H and O–H groups in total. The van der Waals surface area contributed by atoms with Gasteiger partial charge in [0.2, 0.25) is 0 Å². The van der Waals surface area contributed by atoms with Gasteiger partial charge in [-0.1, -0.05) is 5.16 Å². The van der Waals surface area contributed by atoms with Crippen LogP contribution in [0.5, 0.6) is 0 Å². The van der Waals surface area contributed by atoms with Crippen molar-refractivity contribution in [2.24, 2.45) is 5.73 Å². The van der Waals surface area contributed by atoms with E-state index < -0.39 is 10.5 Å². The maximum atomic E-state index is 10.7. The maximum Gasteiger partial charge on any atom is 0.269 e. The quantitative estimate of drug-likeness (QED) is 0.689. The van der Waals surface area contributed by atoms with Gasteiger partial charge in [0, 0.05) is 17.7 Å². The fraction of sp³-hybridized carbons (Fsp3) is 0.385. The zero-order valence-electron chi connectivity index (χ0n) is 11.4. The number of non-ortho nitro benzene ring substituents is 1. The van der Waals surface area contributed by atoms with Gasteiger partial charge in [-0.2, -0.15) is 4.98 Å². The van der Waals surface area contributed by atoms with Crippen LogP contribution in [0, 0.1) is 17.0 Å². The number of nitrogens with zero attached hydrogens (tertiary/aromatic N) is 3. The molecule has 8 heteroatoms. The minimum absolute atomic E-state index is 0. The normalized spacial score (nSPS) is 15.9. The summed E-state index contributed by atoms with van der Waals surface area (Å²) >= 11 is 0. The fourth-order valence-corrected chi connectivity index (χ4v) is 2.32. The predicted molar refractivity (Wildman–Crippen MR) is 78.1 cm³/mol. The van der Waals surface area contributed by atoms with Crippen molar-refractivity contribution in [1.29, 1.82) is 0 Å². The highest BCUT2D eigenvalue weighted by Gasteiger charge is 2.39. The van der Waals surface area contributed by atoms with Gasteiger partial charge in [-0.25, -0.2) is 0 Å². The van der Waals surface area contributed by atoms with E-state index in [1.165, 1.54) is 12.1 Å². The molecule has 0 atom stereocenters. The van der Waals surface area contributed by atoms with Crippen LogP contribution in [0.25, 0.3) is 11.5 Å². The minimum Gasteiger partial charge on any atom is -0.334 e. The Bertz CT molecular complexity index is 682. The molecule has 1 fully saturated rings. The second-order valence-corrected chi connectivity index (χ2v) is 5.19. The lowest BCUT2D eigenvalue weighted by Gasteiger charge is -2.34. The molecule has 1 aliphatic rings. The molecule has 3 rings (SSSR count). The highest BCUT2D eigenvalue weighted by Crippen LogP contribution is 2.38. The Labute approximate surface area is 127 Å². The monoisotopic (exact) mass is 310 g/mol. The summed E-state index contributed by atoms with van der Waals surface area (Å²) in [5.41, 5.74) is 7.12.